The van der Waals surface area contributed by atoms with E-state index in [1.807, 2.05) is 30.5 Å². The number of ether oxygens (including phenoxy) is 2. The van der Waals surface area contributed by atoms with Crippen molar-refractivity contribution in [3.05, 3.63) is 47.1 Å². The summed E-state index contributed by atoms with van der Waals surface area (Å²) in [6, 6.07) is 9.94. The predicted octanol–water partition coefficient (Wildman–Crippen LogP) is 1.83. The molecule has 8 heteroatoms. The lowest BCUT2D eigenvalue weighted by atomic mass is 10.1. The summed E-state index contributed by atoms with van der Waals surface area (Å²) in [5.74, 6) is 2.47. The first kappa shape index (κ1) is 18.9. The van der Waals surface area contributed by atoms with E-state index in [1.165, 1.54) is 0 Å². The van der Waals surface area contributed by atoms with Crippen LogP contribution in [-0.2, 0) is 6.54 Å². The number of benzene rings is 1. The first-order valence-electron chi connectivity index (χ1n) is 10.1. The van der Waals surface area contributed by atoms with Gasteiger partial charge in [0.05, 0.1) is 6.10 Å². The molecule has 2 fully saturated rings. The molecular weight excluding hydrogens is 392 g/mol. The molecule has 1 aromatic heterocycles. The number of aliphatic hydroxyl groups is 1. The summed E-state index contributed by atoms with van der Waals surface area (Å²) >= 11 is 6.44. The van der Waals surface area contributed by atoms with Crippen LogP contribution in [0.5, 0.6) is 11.5 Å². The topological polar surface area (TPSA) is 61.3 Å². The van der Waals surface area contributed by atoms with Crippen LogP contribution in [0.25, 0.3) is 0 Å². The molecule has 0 saturated carbocycles. The van der Waals surface area contributed by atoms with E-state index in [0.29, 0.717) is 23.9 Å². The highest BCUT2D eigenvalue weighted by molar-refractivity contribution is 6.31. The minimum Gasteiger partial charge on any atom is -0.454 e. The number of piperazine rings is 1. The SMILES string of the molecule is O[C@@H]1CN(Cc2cc3c(cc2Cl)OCO3)C[C@H]1N1CCN(c2ccccn2)CC1. The average Bonchev–Trinajstić information content (AvgIpc) is 3.35. The normalized spacial score (nSPS) is 25.0. The van der Waals surface area contributed by atoms with Gasteiger partial charge in [-0.15, -0.1) is 0 Å². The second kappa shape index (κ2) is 7.99. The standard InChI is InChI=1S/C21H25ClN4O3/c22-16-10-20-19(28-14-29-20)9-15(16)11-24-12-17(18(27)13-24)25-5-7-26(8-6-25)21-3-1-2-4-23-21/h1-4,9-10,17-18,27H,5-8,11-14H2/t17-,18-/m1/s1. The van der Waals surface area contributed by atoms with Crippen LogP contribution < -0.4 is 14.4 Å². The molecule has 29 heavy (non-hydrogen) atoms. The van der Waals surface area contributed by atoms with E-state index < -0.39 is 0 Å². The molecule has 2 atom stereocenters. The number of anilines is 1. The smallest absolute Gasteiger partial charge is 0.231 e. The summed E-state index contributed by atoms with van der Waals surface area (Å²) in [4.78, 5) is 11.4. The highest BCUT2D eigenvalue weighted by Gasteiger charge is 2.37. The fraction of sp³-hybridized carbons (Fsp3) is 0.476. The molecular formula is C21H25ClN4O3. The number of likely N-dealkylation sites (tertiary alicyclic amines) is 1. The molecule has 4 heterocycles. The summed E-state index contributed by atoms with van der Waals surface area (Å²) in [6.07, 6.45) is 1.48. The fourth-order valence-corrected chi connectivity index (χ4v) is 4.69. The molecule has 154 valence electrons. The third-order valence-corrected chi connectivity index (χ3v) is 6.38. The average molecular weight is 417 g/mol. The van der Waals surface area contributed by atoms with Gasteiger partial charge in [-0.25, -0.2) is 4.98 Å². The van der Waals surface area contributed by atoms with E-state index in [4.69, 9.17) is 21.1 Å². The molecule has 2 aromatic rings. The van der Waals surface area contributed by atoms with Crippen molar-refractivity contribution in [3.8, 4) is 11.5 Å². The van der Waals surface area contributed by atoms with Crippen molar-refractivity contribution in [3.63, 3.8) is 0 Å². The largest absolute Gasteiger partial charge is 0.454 e. The summed E-state index contributed by atoms with van der Waals surface area (Å²) in [7, 11) is 0. The third-order valence-electron chi connectivity index (χ3n) is 6.03. The molecule has 1 N–H and O–H groups in total. The van der Waals surface area contributed by atoms with E-state index in [2.05, 4.69) is 25.8 Å². The van der Waals surface area contributed by atoms with Gasteiger partial charge in [0.25, 0.3) is 0 Å². The van der Waals surface area contributed by atoms with Crippen molar-refractivity contribution in [2.24, 2.45) is 0 Å². The van der Waals surface area contributed by atoms with Crippen molar-refractivity contribution in [1.82, 2.24) is 14.8 Å². The molecule has 5 rings (SSSR count). The number of pyridine rings is 1. The predicted molar refractivity (Wildman–Crippen MR) is 111 cm³/mol. The van der Waals surface area contributed by atoms with E-state index in [0.717, 1.165) is 49.9 Å². The molecule has 0 radical (unpaired) electrons. The maximum atomic E-state index is 10.7. The van der Waals surface area contributed by atoms with Crippen molar-refractivity contribution in [2.75, 3.05) is 51.0 Å². The van der Waals surface area contributed by atoms with Gasteiger partial charge in [-0.3, -0.25) is 9.80 Å². The van der Waals surface area contributed by atoms with Gasteiger partial charge in [0, 0.05) is 69.1 Å². The van der Waals surface area contributed by atoms with Crippen molar-refractivity contribution < 1.29 is 14.6 Å². The number of hydrogen-bond donors (Lipinski definition) is 1. The Kier molecular flexibility index (Phi) is 5.22. The molecule has 0 aliphatic carbocycles. The molecule has 1 aromatic carbocycles. The number of hydrogen-bond acceptors (Lipinski definition) is 7. The minimum atomic E-state index is -0.357. The number of rotatable bonds is 4. The van der Waals surface area contributed by atoms with E-state index in [-0.39, 0.29) is 18.9 Å². The maximum Gasteiger partial charge on any atom is 0.231 e. The Morgan fingerprint density at radius 2 is 1.86 bits per heavy atom. The van der Waals surface area contributed by atoms with Crippen LogP contribution in [0.3, 0.4) is 0 Å². The zero-order chi connectivity index (χ0) is 19.8. The van der Waals surface area contributed by atoms with Gasteiger partial charge in [-0.1, -0.05) is 17.7 Å². The van der Waals surface area contributed by atoms with Crippen molar-refractivity contribution in [2.45, 2.75) is 18.7 Å². The van der Waals surface area contributed by atoms with Crippen LogP contribution >= 0.6 is 11.6 Å². The Labute approximate surface area is 175 Å². The van der Waals surface area contributed by atoms with Gasteiger partial charge in [0.15, 0.2) is 11.5 Å². The Bertz CT molecular complexity index is 861. The zero-order valence-corrected chi connectivity index (χ0v) is 17.0. The van der Waals surface area contributed by atoms with Gasteiger partial charge >= 0.3 is 0 Å². The Hall–Kier alpha value is -2.06. The first-order valence-corrected chi connectivity index (χ1v) is 10.4. The second-order valence-corrected chi connectivity index (χ2v) is 8.24. The Morgan fingerprint density at radius 3 is 2.62 bits per heavy atom. The molecule has 3 aliphatic rings. The monoisotopic (exact) mass is 416 g/mol. The second-order valence-electron chi connectivity index (χ2n) is 7.84. The number of fused-ring (bicyclic) bond motifs is 1. The van der Waals surface area contributed by atoms with Gasteiger partial charge in [0.1, 0.15) is 5.82 Å². The lowest BCUT2D eigenvalue weighted by Crippen LogP contribution is -2.53. The minimum absolute atomic E-state index is 0.147. The number of nitrogens with zero attached hydrogens (tertiary/aromatic N) is 4. The summed E-state index contributed by atoms with van der Waals surface area (Å²) in [5, 5.41) is 11.4. The van der Waals surface area contributed by atoms with E-state index >= 15 is 0 Å². The van der Waals surface area contributed by atoms with Crippen molar-refractivity contribution >= 4 is 17.4 Å². The number of halogens is 1. The highest BCUT2D eigenvalue weighted by atomic mass is 35.5. The summed E-state index contributed by atoms with van der Waals surface area (Å²) in [5.41, 5.74) is 1.00. The molecule has 0 unspecified atom stereocenters. The van der Waals surface area contributed by atoms with Crippen molar-refractivity contribution in [1.29, 1.82) is 0 Å². The van der Waals surface area contributed by atoms with Crippen LogP contribution in [-0.4, -0.2) is 78.1 Å². The summed E-state index contributed by atoms with van der Waals surface area (Å²) in [6.45, 7) is 6.11. The highest BCUT2D eigenvalue weighted by Crippen LogP contribution is 2.37. The lowest BCUT2D eigenvalue weighted by Gasteiger charge is -2.39. The number of β-amino-alcohol motifs (C(OH)–C–C–N with tert-alkyl or cyclic N) is 1. The van der Waals surface area contributed by atoms with Gasteiger partial charge in [-0.2, -0.15) is 0 Å². The molecule has 0 bridgehead atoms. The summed E-state index contributed by atoms with van der Waals surface area (Å²) < 4.78 is 10.9. The van der Waals surface area contributed by atoms with Crippen LogP contribution in [0, 0.1) is 0 Å². The molecule has 0 amide bonds. The number of aromatic nitrogens is 1. The first-order chi connectivity index (χ1) is 14.2. The van der Waals surface area contributed by atoms with Crippen LogP contribution in [0.15, 0.2) is 36.5 Å². The Balaban J connectivity index is 1.20. The van der Waals surface area contributed by atoms with Gasteiger partial charge in [-0.05, 0) is 23.8 Å². The van der Waals surface area contributed by atoms with Crippen LogP contribution in [0.1, 0.15) is 5.56 Å². The van der Waals surface area contributed by atoms with E-state index in [9.17, 15) is 5.11 Å². The maximum absolute atomic E-state index is 10.7. The Morgan fingerprint density at radius 1 is 1.07 bits per heavy atom. The van der Waals surface area contributed by atoms with Gasteiger partial charge < -0.3 is 19.5 Å². The zero-order valence-electron chi connectivity index (χ0n) is 16.2. The van der Waals surface area contributed by atoms with E-state index in [1.54, 1.807) is 0 Å². The molecule has 2 saturated heterocycles. The molecule has 0 spiro atoms. The third kappa shape index (κ3) is 3.88. The number of aliphatic hydroxyl groups excluding tert-OH is 1. The van der Waals surface area contributed by atoms with Crippen LogP contribution in [0.4, 0.5) is 5.82 Å². The van der Waals surface area contributed by atoms with Gasteiger partial charge in [0.2, 0.25) is 6.79 Å². The van der Waals surface area contributed by atoms with Crippen LogP contribution in [0.2, 0.25) is 5.02 Å². The molecule has 3 aliphatic heterocycles. The fourth-order valence-electron chi connectivity index (χ4n) is 4.48. The quantitative estimate of drug-likeness (QED) is 0.815. The molecule has 7 nitrogen and oxygen atoms in total. The lowest BCUT2D eigenvalue weighted by molar-refractivity contribution is 0.0790.